The van der Waals surface area contributed by atoms with Crippen molar-refractivity contribution < 1.29 is 14.3 Å². The summed E-state index contributed by atoms with van der Waals surface area (Å²) in [4.78, 5) is 22.2. The van der Waals surface area contributed by atoms with Crippen LogP contribution in [0.5, 0.6) is 5.75 Å². The monoisotopic (exact) mass is 286 g/mol. The first kappa shape index (κ1) is 14.0. The fraction of sp³-hybridized carbons (Fsp3) is 0. The van der Waals surface area contributed by atoms with Gasteiger partial charge < -0.3 is 4.74 Å². The van der Waals surface area contributed by atoms with E-state index in [9.17, 15) is 9.59 Å². The van der Waals surface area contributed by atoms with Crippen LogP contribution in [0.4, 0.5) is 0 Å². The third-order valence-corrected chi connectivity index (χ3v) is 2.75. The summed E-state index contributed by atoms with van der Waals surface area (Å²) in [6.07, 6.45) is 3.64. The molecular formula is C16H11ClO3. The highest BCUT2D eigenvalue weighted by Crippen LogP contribution is 2.13. The molecule has 0 aliphatic heterocycles. The van der Waals surface area contributed by atoms with Crippen LogP contribution < -0.4 is 4.74 Å². The molecule has 0 aromatic heterocycles. The van der Waals surface area contributed by atoms with E-state index < -0.39 is 5.97 Å². The minimum Gasteiger partial charge on any atom is -0.423 e. The van der Waals surface area contributed by atoms with Gasteiger partial charge in [-0.05, 0) is 35.9 Å². The maximum atomic E-state index is 11.6. The van der Waals surface area contributed by atoms with Crippen LogP contribution in [-0.2, 0) is 4.79 Å². The second-order valence-corrected chi connectivity index (χ2v) is 4.43. The number of rotatable bonds is 4. The molecule has 0 saturated carbocycles. The first-order valence-corrected chi connectivity index (χ1v) is 6.26. The van der Waals surface area contributed by atoms with Gasteiger partial charge in [-0.3, -0.25) is 4.79 Å². The second kappa shape index (κ2) is 6.68. The Morgan fingerprint density at radius 2 is 1.80 bits per heavy atom. The standard InChI is InChI=1S/C16H11ClO3/c17-14-7-4-12(5-8-14)6-9-16(19)20-15-3-1-2-13(10-15)11-18/h1-11H/b9-6+. The van der Waals surface area contributed by atoms with Gasteiger partial charge in [0.05, 0.1) is 0 Å². The van der Waals surface area contributed by atoms with Gasteiger partial charge >= 0.3 is 5.97 Å². The average Bonchev–Trinajstić information content (AvgIpc) is 2.47. The predicted molar refractivity (Wildman–Crippen MR) is 78.0 cm³/mol. The van der Waals surface area contributed by atoms with Gasteiger partial charge in [-0.2, -0.15) is 0 Å². The highest BCUT2D eigenvalue weighted by Gasteiger charge is 2.01. The summed E-state index contributed by atoms with van der Waals surface area (Å²) in [5.74, 6) is -0.177. The van der Waals surface area contributed by atoms with Gasteiger partial charge in [-0.25, -0.2) is 4.79 Å². The summed E-state index contributed by atoms with van der Waals surface area (Å²) in [5.41, 5.74) is 1.30. The van der Waals surface area contributed by atoms with E-state index in [1.807, 2.05) is 0 Å². The molecule has 0 bridgehead atoms. The molecule has 20 heavy (non-hydrogen) atoms. The smallest absolute Gasteiger partial charge is 0.336 e. The number of carbonyl (C=O) groups is 2. The highest BCUT2D eigenvalue weighted by molar-refractivity contribution is 6.30. The Labute approximate surface area is 121 Å². The normalized spacial score (nSPS) is 10.4. The van der Waals surface area contributed by atoms with Crippen LogP contribution in [0, 0.1) is 0 Å². The zero-order chi connectivity index (χ0) is 14.4. The van der Waals surface area contributed by atoms with Gasteiger partial charge in [0.15, 0.2) is 0 Å². The molecule has 0 N–H and O–H groups in total. The number of hydrogen-bond acceptors (Lipinski definition) is 3. The number of hydrogen-bond donors (Lipinski definition) is 0. The predicted octanol–water partition coefficient (Wildman–Crippen LogP) is 3.77. The summed E-state index contributed by atoms with van der Waals surface area (Å²) >= 11 is 5.77. The lowest BCUT2D eigenvalue weighted by atomic mass is 10.2. The fourth-order valence-corrected chi connectivity index (χ4v) is 1.67. The van der Waals surface area contributed by atoms with Gasteiger partial charge in [0.1, 0.15) is 12.0 Å². The number of ether oxygens (including phenoxy) is 1. The van der Waals surface area contributed by atoms with Crippen molar-refractivity contribution >= 4 is 29.9 Å². The van der Waals surface area contributed by atoms with E-state index in [0.717, 1.165) is 5.56 Å². The number of halogens is 1. The van der Waals surface area contributed by atoms with E-state index in [2.05, 4.69) is 0 Å². The molecule has 0 aliphatic rings. The van der Waals surface area contributed by atoms with Gasteiger partial charge in [-0.15, -0.1) is 0 Å². The SMILES string of the molecule is O=Cc1cccc(OC(=O)/C=C/c2ccc(Cl)cc2)c1. The van der Waals surface area contributed by atoms with Crippen LogP contribution in [0.15, 0.2) is 54.6 Å². The maximum absolute atomic E-state index is 11.6. The first-order valence-electron chi connectivity index (χ1n) is 5.88. The molecule has 2 aromatic carbocycles. The summed E-state index contributed by atoms with van der Waals surface area (Å²) in [6, 6.07) is 13.4. The molecular weight excluding hydrogens is 276 g/mol. The minimum atomic E-state index is -0.511. The molecule has 2 aromatic rings. The van der Waals surface area contributed by atoms with Crippen molar-refractivity contribution in [3.05, 3.63) is 70.8 Å². The van der Waals surface area contributed by atoms with Crippen molar-refractivity contribution in [2.24, 2.45) is 0 Å². The topological polar surface area (TPSA) is 43.4 Å². The quantitative estimate of drug-likeness (QED) is 0.372. The van der Waals surface area contributed by atoms with E-state index in [-0.39, 0.29) is 0 Å². The lowest BCUT2D eigenvalue weighted by molar-refractivity contribution is -0.128. The average molecular weight is 287 g/mol. The third kappa shape index (κ3) is 4.07. The molecule has 0 unspecified atom stereocenters. The van der Waals surface area contributed by atoms with Gasteiger partial charge in [-0.1, -0.05) is 35.9 Å². The summed E-state index contributed by atoms with van der Waals surface area (Å²) in [5, 5.41) is 0.635. The van der Waals surface area contributed by atoms with Crippen LogP contribution in [0.25, 0.3) is 6.08 Å². The number of carbonyl (C=O) groups excluding carboxylic acids is 2. The Hall–Kier alpha value is -2.39. The molecule has 0 fully saturated rings. The van der Waals surface area contributed by atoms with Crippen molar-refractivity contribution in [3.8, 4) is 5.75 Å². The van der Waals surface area contributed by atoms with Crippen molar-refractivity contribution in [3.63, 3.8) is 0 Å². The van der Waals surface area contributed by atoms with Crippen molar-refractivity contribution in [2.75, 3.05) is 0 Å². The van der Waals surface area contributed by atoms with E-state index >= 15 is 0 Å². The van der Waals surface area contributed by atoms with Gasteiger partial charge in [0, 0.05) is 16.7 Å². The molecule has 0 heterocycles. The zero-order valence-electron chi connectivity index (χ0n) is 10.5. The van der Waals surface area contributed by atoms with E-state index in [0.29, 0.717) is 22.6 Å². The van der Waals surface area contributed by atoms with Crippen LogP contribution in [-0.4, -0.2) is 12.3 Å². The van der Waals surface area contributed by atoms with Crippen molar-refractivity contribution in [1.29, 1.82) is 0 Å². The van der Waals surface area contributed by atoms with E-state index in [1.165, 1.54) is 12.1 Å². The number of esters is 1. The lowest BCUT2D eigenvalue weighted by Crippen LogP contribution is -2.03. The summed E-state index contributed by atoms with van der Waals surface area (Å²) in [6.45, 7) is 0. The molecule has 0 atom stereocenters. The maximum Gasteiger partial charge on any atom is 0.336 e. The number of aldehydes is 1. The first-order chi connectivity index (χ1) is 9.67. The molecule has 0 aliphatic carbocycles. The highest BCUT2D eigenvalue weighted by atomic mass is 35.5. The molecule has 0 amide bonds. The molecule has 4 heteroatoms. The lowest BCUT2D eigenvalue weighted by Gasteiger charge is -2.01. The molecule has 100 valence electrons. The second-order valence-electron chi connectivity index (χ2n) is 4.00. The van der Waals surface area contributed by atoms with Crippen LogP contribution in [0.3, 0.4) is 0 Å². The largest absolute Gasteiger partial charge is 0.423 e. The molecule has 0 spiro atoms. The molecule has 2 rings (SSSR count). The summed E-state index contributed by atoms with van der Waals surface area (Å²) < 4.78 is 5.09. The molecule has 3 nitrogen and oxygen atoms in total. The Kier molecular flexibility index (Phi) is 4.69. The zero-order valence-corrected chi connectivity index (χ0v) is 11.2. The van der Waals surface area contributed by atoms with Crippen molar-refractivity contribution in [1.82, 2.24) is 0 Å². The van der Waals surface area contributed by atoms with Gasteiger partial charge in [0.2, 0.25) is 0 Å². The number of benzene rings is 2. The van der Waals surface area contributed by atoms with Crippen LogP contribution in [0.1, 0.15) is 15.9 Å². The van der Waals surface area contributed by atoms with Crippen molar-refractivity contribution in [2.45, 2.75) is 0 Å². The van der Waals surface area contributed by atoms with Crippen LogP contribution in [0.2, 0.25) is 5.02 Å². The van der Waals surface area contributed by atoms with E-state index in [1.54, 1.807) is 48.5 Å². The fourth-order valence-electron chi connectivity index (χ4n) is 1.54. The Balaban J connectivity index is 2.01. The van der Waals surface area contributed by atoms with Gasteiger partial charge in [0.25, 0.3) is 0 Å². The van der Waals surface area contributed by atoms with E-state index in [4.69, 9.17) is 16.3 Å². The summed E-state index contributed by atoms with van der Waals surface area (Å²) in [7, 11) is 0. The Morgan fingerprint density at radius 1 is 1.05 bits per heavy atom. The minimum absolute atomic E-state index is 0.334. The third-order valence-electron chi connectivity index (χ3n) is 2.49. The Bertz CT molecular complexity index is 645. The Morgan fingerprint density at radius 3 is 2.50 bits per heavy atom. The molecule has 0 saturated heterocycles. The molecule has 0 radical (unpaired) electrons. The van der Waals surface area contributed by atoms with Crippen LogP contribution >= 0.6 is 11.6 Å².